The third kappa shape index (κ3) is 1.64. The molecule has 0 fully saturated rings. The summed E-state index contributed by atoms with van der Waals surface area (Å²) in [5.41, 5.74) is 2.45. The minimum atomic E-state index is -0.137. The second-order valence-corrected chi connectivity index (χ2v) is 4.78. The lowest BCUT2D eigenvalue weighted by atomic mass is 9.84. The van der Waals surface area contributed by atoms with E-state index in [1.807, 2.05) is 0 Å². The second-order valence-electron chi connectivity index (χ2n) is 4.78. The van der Waals surface area contributed by atoms with Gasteiger partial charge >= 0.3 is 0 Å². The van der Waals surface area contributed by atoms with Crippen molar-refractivity contribution in [3.8, 4) is 5.69 Å². The number of carbonyl (C=O) groups excluding carboxylic acids is 2. The van der Waals surface area contributed by atoms with E-state index in [0.717, 1.165) is 0 Å². The van der Waals surface area contributed by atoms with Crippen molar-refractivity contribution in [3.63, 3.8) is 0 Å². The van der Waals surface area contributed by atoms with Crippen molar-refractivity contribution in [3.05, 3.63) is 77.1 Å². The Hall–Kier alpha value is -3.08. The van der Waals surface area contributed by atoms with Crippen LogP contribution in [0.1, 0.15) is 31.8 Å². The molecule has 0 unspecified atom stereocenters. The van der Waals surface area contributed by atoms with Gasteiger partial charge in [0.05, 0.1) is 18.1 Å². The highest BCUT2D eigenvalue weighted by atomic mass is 16.1. The van der Waals surface area contributed by atoms with Crippen LogP contribution in [0, 0.1) is 0 Å². The molecule has 0 spiro atoms. The first-order valence-electron chi connectivity index (χ1n) is 6.45. The standard InChI is InChI=1S/C16H9N3O2/c20-15-11-3-1-2-4-12(11)16(21)14-9-10(5-6-13(14)15)19-8-7-17-18-19/h1-9H. The van der Waals surface area contributed by atoms with Crippen molar-refractivity contribution in [2.45, 2.75) is 0 Å². The number of hydrogen-bond donors (Lipinski definition) is 0. The van der Waals surface area contributed by atoms with Crippen molar-refractivity contribution in [1.29, 1.82) is 0 Å². The Bertz CT molecular complexity index is 882. The van der Waals surface area contributed by atoms with Gasteiger partial charge in [-0.3, -0.25) is 9.59 Å². The maximum absolute atomic E-state index is 12.6. The largest absolute Gasteiger partial charge is 0.289 e. The third-order valence-corrected chi connectivity index (χ3v) is 3.60. The Balaban J connectivity index is 1.93. The SMILES string of the molecule is O=C1c2ccccc2C(=O)c2cc(-n3ccnn3)ccc21. The summed E-state index contributed by atoms with van der Waals surface area (Å²) in [6.45, 7) is 0. The number of benzene rings is 2. The van der Waals surface area contributed by atoms with Crippen LogP contribution in [0.2, 0.25) is 0 Å². The molecule has 1 aromatic heterocycles. The zero-order valence-electron chi connectivity index (χ0n) is 10.9. The Kier molecular flexibility index (Phi) is 2.35. The maximum Gasteiger partial charge on any atom is 0.194 e. The van der Waals surface area contributed by atoms with Crippen LogP contribution < -0.4 is 0 Å². The van der Waals surface area contributed by atoms with Crippen LogP contribution in [0.5, 0.6) is 0 Å². The maximum atomic E-state index is 12.6. The molecule has 21 heavy (non-hydrogen) atoms. The fraction of sp³-hybridized carbons (Fsp3) is 0. The summed E-state index contributed by atoms with van der Waals surface area (Å²) in [4.78, 5) is 25.0. The van der Waals surface area contributed by atoms with Crippen LogP contribution in [-0.2, 0) is 0 Å². The molecule has 0 bridgehead atoms. The Labute approximate surface area is 119 Å². The number of aromatic nitrogens is 3. The van der Waals surface area contributed by atoms with E-state index in [1.165, 1.54) is 0 Å². The topological polar surface area (TPSA) is 64.8 Å². The van der Waals surface area contributed by atoms with Gasteiger partial charge in [-0.15, -0.1) is 5.10 Å². The van der Waals surface area contributed by atoms with Crippen molar-refractivity contribution < 1.29 is 9.59 Å². The molecule has 0 radical (unpaired) electrons. The van der Waals surface area contributed by atoms with Gasteiger partial charge in [0.15, 0.2) is 11.6 Å². The van der Waals surface area contributed by atoms with Gasteiger partial charge in [-0.2, -0.15) is 0 Å². The second kappa shape index (κ2) is 4.21. The van der Waals surface area contributed by atoms with Crippen LogP contribution >= 0.6 is 0 Å². The van der Waals surface area contributed by atoms with Crippen LogP contribution in [0.25, 0.3) is 5.69 Å². The van der Waals surface area contributed by atoms with E-state index in [9.17, 15) is 9.59 Å². The Morgan fingerprint density at radius 1 is 0.810 bits per heavy atom. The Morgan fingerprint density at radius 3 is 2.14 bits per heavy atom. The van der Waals surface area contributed by atoms with E-state index in [4.69, 9.17) is 0 Å². The number of carbonyl (C=O) groups is 2. The summed E-state index contributed by atoms with van der Waals surface area (Å²) in [5, 5.41) is 7.64. The van der Waals surface area contributed by atoms with Gasteiger partial charge in [0.1, 0.15) is 0 Å². The minimum Gasteiger partial charge on any atom is -0.289 e. The van der Waals surface area contributed by atoms with E-state index in [-0.39, 0.29) is 11.6 Å². The van der Waals surface area contributed by atoms with Crippen molar-refractivity contribution in [1.82, 2.24) is 15.0 Å². The predicted molar refractivity (Wildman–Crippen MR) is 74.7 cm³/mol. The minimum absolute atomic E-state index is 0.120. The third-order valence-electron chi connectivity index (χ3n) is 3.60. The predicted octanol–water partition coefficient (Wildman–Crippen LogP) is 2.04. The first kappa shape index (κ1) is 11.7. The van der Waals surface area contributed by atoms with Crippen molar-refractivity contribution >= 4 is 11.6 Å². The average Bonchev–Trinajstić information content (AvgIpc) is 3.06. The van der Waals surface area contributed by atoms with E-state index < -0.39 is 0 Å². The molecule has 0 saturated heterocycles. The highest BCUT2D eigenvalue weighted by molar-refractivity contribution is 6.28. The molecule has 0 atom stereocenters. The van der Waals surface area contributed by atoms with Crippen LogP contribution in [0.4, 0.5) is 0 Å². The zero-order chi connectivity index (χ0) is 14.4. The number of nitrogens with zero attached hydrogens (tertiary/aromatic N) is 3. The van der Waals surface area contributed by atoms with Crippen molar-refractivity contribution in [2.24, 2.45) is 0 Å². The number of hydrogen-bond acceptors (Lipinski definition) is 4. The first-order valence-corrected chi connectivity index (χ1v) is 6.45. The molecular weight excluding hydrogens is 266 g/mol. The summed E-state index contributed by atoms with van der Waals surface area (Å²) >= 11 is 0. The van der Waals surface area contributed by atoms with Crippen LogP contribution in [-0.4, -0.2) is 26.6 Å². The van der Waals surface area contributed by atoms with Gasteiger partial charge in [-0.05, 0) is 18.2 Å². The van der Waals surface area contributed by atoms with Gasteiger partial charge in [0, 0.05) is 22.3 Å². The zero-order valence-corrected chi connectivity index (χ0v) is 10.9. The molecule has 1 aliphatic rings. The van der Waals surface area contributed by atoms with Gasteiger partial charge in [0.2, 0.25) is 0 Å². The molecule has 1 heterocycles. The fourth-order valence-corrected chi connectivity index (χ4v) is 2.58. The summed E-state index contributed by atoms with van der Waals surface area (Å²) in [6.07, 6.45) is 3.24. The molecule has 1 aliphatic carbocycles. The monoisotopic (exact) mass is 275 g/mol. The molecule has 0 N–H and O–H groups in total. The van der Waals surface area contributed by atoms with Crippen molar-refractivity contribution in [2.75, 3.05) is 0 Å². The molecule has 5 heteroatoms. The molecule has 100 valence electrons. The summed E-state index contributed by atoms with van der Waals surface area (Å²) in [7, 11) is 0. The lowest BCUT2D eigenvalue weighted by Crippen LogP contribution is -2.21. The summed E-state index contributed by atoms with van der Waals surface area (Å²) < 4.78 is 1.55. The van der Waals surface area contributed by atoms with E-state index in [0.29, 0.717) is 27.9 Å². The number of rotatable bonds is 1. The van der Waals surface area contributed by atoms with Gasteiger partial charge < -0.3 is 0 Å². The summed E-state index contributed by atoms with van der Waals surface area (Å²) in [6, 6.07) is 12.0. The average molecular weight is 275 g/mol. The number of fused-ring (bicyclic) bond motifs is 2. The Morgan fingerprint density at radius 2 is 1.48 bits per heavy atom. The molecular formula is C16H9N3O2. The molecule has 5 nitrogen and oxygen atoms in total. The highest BCUT2D eigenvalue weighted by Crippen LogP contribution is 2.28. The van der Waals surface area contributed by atoms with Gasteiger partial charge in [0.25, 0.3) is 0 Å². The fourth-order valence-electron chi connectivity index (χ4n) is 2.58. The summed E-state index contributed by atoms with van der Waals surface area (Å²) in [5.74, 6) is -0.257. The van der Waals surface area contributed by atoms with Crippen LogP contribution in [0.15, 0.2) is 54.9 Å². The molecule has 3 aromatic rings. The number of ketones is 2. The van der Waals surface area contributed by atoms with Gasteiger partial charge in [-0.25, -0.2) is 4.68 Å². The molecule has 0 saturated carbocycles. The molecule has 4 rings (SSSR count). The normalized spacial score (nSPS) is 13.0. The first-order chi connectivity index (χ1) is 10.3. The molecule has 2 aromatic carbocycles. The van der Waals surface area contributed by atoms with E-state index in [2.05, 4.69) is 10.3 Å². The lowest BCUT2D eigenvalue weighted by Gasteiger charge is -2.17. The molecule has 0 amide bonds. The lowest BCUT2D eigenvalue weighted by molar-refractivity contribution is 0.0979. The van der Waals surface area contributed by atoms with E-state index in [1.54, 1.807) is 59.5 Å². The smallest absolute Gasteiger partial charge is 0.194 e. The van der Waals surface area contributed by atoms with E-state index >= 15 is 0 Å². The van der Waals surface area contributed by atoms with Gasteiger partial charge in [-0.1, -0.05) is 29.5 Å². The van der Waals surface area contributed by atoms with Crippen LogP contribution in [0.3, 0.4) is 0 Å². The molecule has 0 aliphatic heterocycles. The highest BCUT2D eigenvalue weighted by Gasteiger charge is 2.29. The quantitative estimate of drug-likeness (QED) is 0.533.